The Morgan fingerprint density at radius 3 is 0.772 bits per heavy atom. The van der Waals surface area contributed by atoms with Crippen LogP contribution in [0.3, 0.4) is 0 Å². The average molecular weight is 1330 g/mol. The number of rotatable bonds is 42. The van der Waals surface area contributed by atoms with E-state index in [4.69, 9.17) is 14.2 Å². The van der Waals surface area contributed by atoms with Crippen LogP contribution in [0, 0.1) is 191 Å². The average Bonchev–Trinajstić information content (AvgIpc) is 4.26. The normalized spacial score (nSPS) is 18.0. The summed E-state index contributed by atoms with van der Waals surface area (Å²) >= 11 is 4.74. The second-order valence-electron chi connectivity index (χ2n) is 17.3. The van der Waals surface area contributed by atoms with Crippen LogP contribution in [0.25, 0.3) is 0 Å². The van der Waals surface area contributed by atoms with Gasteiger partial charge in [-0.05, 0) is 173 Å². The SMILES string of the molecule is O=S(=O)(CCNCCN(CCNCCS(=O)(=O)CCSCCOC[C]1[CH][CH][CH][CH]1)CCNCCS(=O)(=O)CCSCCOC[C]1[CH][CH][CH][CH]1)CCSCCOC[C]1[CH][CH][CH][CH]1.[CH]1[CH][CH][CH][CH]1.[CH]1[CH][CH][CH][CH]1.[CH]1[CH][CH][CH][CH]1.[Fe+2].[Fe+2].[Fe+2]. The Balaban J connectivity index is 0.00000289. The molecule has 22 heteroatoms. The largest absolute Gasteiger partial charge is 2.00 e. The Morgan fingerprint density at radius 1 is 0.316 bits per heavy atom. The molecule has 0 amide bonds. The number of nitrogens with zero attached hydrogens (tertiary/aromatic N) is 1. The molecule has 6 aliphatic carbocycles. The van der Waals surface area contributed by atoms with E-state index in [2.05, 4.69) is 20.9 Å². The van der Waals surface area contributed by atoms with Gasteiger partial charge in [-0.15, -0.1) is 0 Å². The zero-order chi connectivity index (χ0) is 54.4. The fourth-order valence-electron chi connectivity index (χ4n) is 6.69. The van der Waals surface area contributed by atoms with Crippen LogP contribution >= 0.6 is 35.3 Å². The van der Waals surface area contributed by atoms with Gasteiger partial charge in [-0.2, -0.15) is 35.3 Å². The number of thioether (sulfide) groups is 3. The summed E-state index contributed by atoms with van der Waals surface area (Å²) < 4.78 is 92.6. The van der Waals surface area contributed by atoms with Crippen molar-refractivity contribution < 1.29 is 90.7 Å². The maximum absolute atomic E-state index is 12.6. The van der Waals surface area contributed by atoms with Crippen LogP contribution in [0.4, 0.5) is 0 Å². The maximum Gasteiger partial charge on any atom is 2.00 e. The molecule has 3 N–H and O–H groups in total. The molecule has 30 radical (unpaired) electrons. The Kier molecular flexibility index (Phi) is 57.0. The number of hydrogen-bond acceptors (Lipinski definition) is 16. The standard InChI is InChI=1S/C42H69N4O9S6.3C5H5.3Fe/c47-59(48,34-28-56-25-22-53-37-40-7-1-2-8-40)31-16-43-13-19-46(20-14-44-17-32-60(49,50)35-29-57-26-23-54-38-41-9-3-4-10-41)21-15-45-18-33-61(51,52)36-30-58-27-24-55-39-42-11-5-6-12-42;3*1-2-4-5-3-1;;;/h1-12,43-45H,13-39H2;3*1-5H;;;/q;;;;3*+2. The van der Waals surface area contributed by atoms with Gasteiger partial charge in [0.1, 0.15) is 0 Å². The van der Waals surface area contributed by atoms with E-state index in [-0.39, 0.29) is 85.7 Å². The van der Waals surface area contributed by atoms with Gasteiger partial charge in [0.2, 0.25) is 0 Å². The fourth-order valence-corrected chi connectivity index (χ4v) is 14.5. The third-order valence-electron chi connectivity index (χ3n) is 11.0. The quantitative estimate of drug-likeness (QED) is 0.0562. The molecule has 0 spiro atoms. The van der Waals surface area contributed by atoms with Crippen molar-refractivity contribution >= 4 is 64.8 Å². The van der Waals surface area contributed by atoms with Crippen molar-refractivity contribution in [3.8, 4) is 0 Å². The Bertz CT molecular complexity index is 1450. The van der Waals surface area contributed by atoms with E-state index in [0.717, 1.165) is 35.0 Å². The molecule has 0 aliphatic heterocycles. The minimum Gasteiger partial charge on any atom is -0.380 e. The van der Waals surface area contributed by atoms with Gasteiger partial charge < -0.3 is 30.2 Å². The van der Waals surface area contributed by atoms with E-state index in [1.165, 1.54) is 0 Å². The summed E-state index contributed by atoms with van der Waals surface area (Å²) in [6.45, 7) is 8.23. The Labute approximate surface area is 530 Å². The summed E-state index contributed by atoms with van der Waals surface area (Å²) in [5, 5.41) is 9.79. The first kappa shape index (κ1) is 81.2. The van der Waals surface area contributed by atoms with E-state index in [1.54, 1.807) is 35.3 Å². The van der Waals surface area contributed by atoms with Crippen molar-refractivity contribution in [3.05, 3.63) is 191 Å². The predicted octanol–water partition coefficient (Wildman–Crippen LogP) is 4.82. The van der Waals surface area contributed by atoms with Gasteiger partial charge in [-0.1, -0.05) is 0 Å². The van der Waals surface area contributed by atoms with E-state index in [1.807, 2.05) is 173 Å². The molecular weight excluding hydrogens is 1240 g/mol. The topological polar surface area (TPSA) is 169 Å². The van der Waals surface area contributed by atoms with Gasteiger partial charge in [0.15, 0.2) is 29.5 Å². The smallest absolute Gasteiger partial charge is 0.380 e. The van der Waals surface area contributed by atoms with E-state index in [0.29, 0.717) is 116 Å². The minimum absolute atomic E-state index is 0. The summed E-state index contributed by atoms with van der Waals surface area (Å²) in [4.78, 5) is 2.20. The van der Waals surface area contributed by atoms with E-state index in [9.17, 15) is 25.3 Å². The molecule has 0 aromatic carbocycles. The molecule has 0 atom stereocenters. The van der Waals surface area contributed by atoms with Crippen molar-refractivity contribution in [2.75, 3.05) is 168 Å². The van der Waals surface area contributed by atoms with Crippen LogP contribution in [0.5, 0.6) is 0 Å². The third kappa shape index (κ3) is 50.8. The van der Waals surface area contributed by atoms with Crippen LogP contribution in [0.2, 0.25) is 0 Å². The van der Waals surface area contributed by atoms with Crippen LogP contribution in [-0.4, -0.2) is 198 Å². The first-order valence-electron chi connectivity index (χ1n) is 26.1. The van der Waals surface area contributed by atoms with E-state index >= 15 is 0 Å². The van der Waals surface area contributed by atoms with Crippen molar-refractivity contribution in [2.24, 2.45) is 0 Å². The minimum atomic E-state index is -3.18. The molecule has 0 bridgehead atoms. The van der Waals surface area contributed by atoms with Crippen molar-refractivity contribution in [3.63, 3.8) is 0 Å². The van der Waals surface area contributed by atoms with Crippen LogP contribution < -0.4 is 16.0 Å². The van der Waals surface area contributed by atoms with Crippen molar-refractivity contribution in [2.45, 2.75) is 0 Å². The molecule has 0 saturated heterocycles. The Hall–Kier alpha value is 2.18. The molecule has 6 fully saturated rings. The summed E-state index contributed by atoms with van der Waals surface area (Å²) in [6.07, 6.45) is 53.9. The first-order chi connectivity index (χ1) is 37.0. The third-order valence-corrected chi connectivity index (χ3v) is 19.6. The first-order valence-corrected chi connectivity index (χ1v) is 35.0. The molecule has 0 aromatic rings. The second kappa shape index (κ2) is 55.5. The van der Waals surface area contributed by atoms with Crippen LogP contribution in [0.15, 0.2) is 0 Å². The molecule has 0 heterocycles. The number of sulfone groups is 3. The zero-order valence-corrected chi connectivity index (χ0v) is 53.5. The van der Waals surface area contributed by atoms with Gasteiger partial charge in [0, 0.05) is 111 Å². The summed E-state index contributed by atoms with van der Waals surface area (Å²) in [6, 6.07) is 0. The van der Waals surface area contributed by atoms with Gasteiger partial charge >= 0.3 is 51.2 Å². The molecule has 440 valence electrons. The van der Waals surface area contributed by atoms with Gasteiger partial charge in [-0.25, -0.2) is 25.3 Å². The molecule has 0 unspecified atom stereocenters. The van der Waals surface area contributed by atoms with Crippen LogP contribution in [0.1, 0.15) is 0 Å². The van der Waals surface area contributed by atoms with Crippen molar-refractivity contribution in [1.29, 1.82) is 0 Å². The maximum atomic E-state index is 12.6. The number of ether oxygens (including phenoxy) is 3. The van der Waals surface area contributed by atoms with Gasteiger partial charge in [0.25, 0.3) is 0 Å². The van der Waals surface area contributed by atoms with Crippen molar-refractivity contribution in [1.82, 2.24) is 20.9 Å². The predicted molar refractivity (Wildman–Crippen MR) is 321 cm³/mol. The monoisotopic (exact) mass is 1330 g/mol. The number of hydrogen-bond donors (Lipinski definition) is 3. The molecule has 6 saturated carbocycles. The summed E-state index contributed by atoms with van der Waals surface area (Å²) in [5.41, 5.74) is 0. The second-order valence-corrected chi connectivity index (χ2v) is 27.9. The summed E-state index contributed by atoms with van der Waals surface area (Å²) in [7, 11) is -9.55. The molecule has 13 nitrogen and oxygen atoms in total. The summed E-state index contributed by atoms with van der Waals surface area (Å²) in [5.74, 6) is 7.84. The molecule has 6 aliphatic rings. The zero-order valence-electron chi connectivity index (χ0n) is 45.3. The molecule has 79 heavy (non-hydrogen) atoms. The Morgan fingerprint density at radius 2 is 0.544 bits per heavy atom. The molecular formula is C57H84Fe3N4O9S6+6. The van der Waals surface area contributed by atoms with Crippen LogP contribution in [-0.2, 0) is 94.9 Å². The van der Waals surface area contributed by atoms with Gasteiger partial charge in [0.05, 0.1) is 74.2 Å². The number of nitrogens with one attached hydrogen (secondary N) is 3. The van der Waals surface area contributed by atoms with E-state index < -0.39 is 29.5 Å². The molecule has 0 aromatic heterocycles. The fraction of sp³-hybridized carbons (Fsp3) is 0.474. The molecule has 6 rings (SSSR count). The van der Waals surface area contributed by atoms with Gasteiger partial charge in [-0.3, -0.25) is 4.90 Å².